The number of hydrogen-bond acceptors (Lipinski definition) is 3. The third-order valence-corrected chi connectivity index (χ3v) is 2.11. The monoisotopic (exact) mass is 182 g/mol. The van der Waals surface area contributed by atoms with Crippen molar-refractivity contribution in [1.82, 2.24) is 0 Å². The summed E-state index contributed by atoms with van der Waals surface area (Å²) in [6.45, 7) is 4.06. The topological polar surface area (TPSA) is 43.4 Å². The Balaban J connectivity index is 2.64. The molecular formula is C10H14O3. The standard InChI is InChI=1S/C10H14O3/c1-3-13-10(12)8-6-7(2)4-5-9(8)11/h4-5,7-8H,3,6H2,1-2H3/t7?,8-/m1/s1. The SMILES string of the molecule is CCOC(=O)[C@@H]1CC(C)C=CC1=O. The molecule has 1 unspecified atom stereocenters. The van der Waals surface area contributed by atoms with Crippen molar-refractivity contribution in [2.75, 3.05) is 6.61 Å². The van der Waals surface area contributed by atoms with E-state index in [2.05, 4.69) is 0 Å². The summed E-state index contributed by atoms with van der Waals surface area (Å²) < 4.78 is 4.81. The Bertz CT molecular complexity index is 243. The van der Waals surface area contributed by atoms with Crippen molar-refractivity contribution >= 4 is 11.8 Å². The van der Waals surface area contributed by atoms with Crippen LogP contribution in [0.25, 0.3) is 0 Å². The van der Waals surface area contributed by atoms with Gasteiger partial charge in [0.15, 0.2) is 5.78 Å². The summed E-state index contributed by atoms with van der Waals surface area (Å²) in [5.74, 6) is -0.799. The first kappa shape index (κ1) is 9.96. The molecule has 1 aliphatic rings. The molecule has 0 saturated carbocycles. The Labute approximate surface area is 77.8 Å². The summed E-state index contributed by atoms with van der Waals surface area (Å²) in [6, 6.07) is 0. The molecule has 3 heteroatoms. The van der Waals surface area contributed by atoms with Gasteiger partial charge in [0.05, 0.1) is 6.61 Å². The molecule has 0 bridgehead atoms. The number of esters is 1. The van der Waals surface area contributed by atoms with E-state index in [1.807, 2.05) is 13.0 Å². The van der Waals surface area contributed by atoms with Crippen molar-refractivity contribution in [1.29, 1.82) is 0 Å². The number of ketones is 1. The number of hydrogen-bond donors (Lipinski definition) is 0. The number of allylic oxidation sites excluding steroid dienone is 2. The quantitative estimate of drug-likeness (QED) is 0.478. The largest absolute Gasteiger partial charge is 0.465 e. The van der Waals surface area contributed by atoms with Gasteiger partial charge < -0.3 is 4.74 Å². The lowest BCUT2D eigenvalue weighted by Crippen LogP contribution is -2.29. The third-order valence-electron chi connectivity index (χ3n) is 2.11. The minimum Gasteiger partial charge on any atom is -0.465 e. The summed E-state index contributed by atoms with van der Waals surface area (Å²) in [5, 5.41) is 0. The van der Waals surface area contributed by atoms with E-state index in [0.717, 1.165) is 0 Å². The summed E-state index contributed by atoms with van der Waals surface area (Å²) in [5.41, 5.74) is 0. The van der Waals surface area contributed by atoms with Crippen LogP contribution in [0, 0.1) is 11.8 Å². The van der Waals surface area contributed by atoms with Crippen LogP contribution in [0.3, 0.4) is 0 Å². The van der Waals surface area contributed by atoms with Crippen molar-refractivity contribution in [3.63, 3.8) is 0 Å². The molecule has 0 heterocycles. The maximum absolute atomic E-state index is 11.3. The summed E-state index contributed by atoms with van der Waals surface area (Å²) >= 11 is 0. The van der Waals surface area contributed by atoms with Crippen LogP contribution >= 0.6 is 0 Å². The van der Waals surface area contributed by atoms with E-state index in [1.165, 1.54) is 6.08 Å². The molecule has 1 rings (SSSR count). The van der Waals surface area contributed by atoms with E-state index in [4.69, 9.17) is 4.74 Å². The Morgan fingerprint density at radius 1 is 1.69 bits per heavy atom. The van der Waals surface area contributed by atoms with Crippen molar-refractivity contribution in [2.45, 2.75) is 20.3 Å². The summed E-state index contributed by atoms with van der Waals surface area (Å²) in [6.07, 6.45) is 3.89. The molecule has 72 valence electrons. The van der Waals surface area contributed by atoms with Crippen LogP contribution in [0.15, 0.2) is 12.2 Å². The van der Waals surface area contributed by atoms with E-state index in [9.17, 15) is 9.59 Å². The predicted octanol–water partition coefficient (Wildman–Crippen LogP) is 1.33. The van der Waals surface area contributed by atoms with Gasteiger partial charge in [0.1, 0.15) is 5.92 Å². The van der Waals surface area contributed by atoms with Gasteiger partial charge in [0, 0.05) is 0 Å². The van der Waals surface area contributed by atoms with Gasteiger partial charge in [-0.15, -0.1) is 0 Å². The lowest BCUT2D eigenvalue weighted by atomic mass is 9.87. The molecule has 0 aromatic carbocycles. The maximum Gasteiger partial charge on any atom is 0.316 e. The zero-order chi connectivity index (χ0) is 9.84. The fourth-order valence-electron chi connectivity index (χ4n) is 1.40. The van der Waals surface area contributed by atoms with Crippen LogP contribution in [-0.2, 0) is 14.3 Å². The molecule has 2 atom stereocenters. The van der Waals surface area contributed by atoms with E-state index in [0.29, 0.717) is 13.0 Å². The maximum atomic E-state index is 11.3. The fourth-order valence-corrected chi connectivity index (χ4v) is 1.40. The van der Waals surface area contributed by atoms with Gasteiger partial charge in [-0.25, -0.2) is 0 Å². The van der Waals surface area contributed by atoms with E-state index < -0.39 is 5.92 Å². The summed E-state index contributed by atoms with van der Waals surface area (Å²) in [7, 11) is 0. The molecule has 0 spiro atoms. The number of carbonyl (C=O) groups is 2. The Morgan fingerprint density at radius 2 is 2.38 bits per heavy atom. The van der Waals surface area contributed by atoms with Crippen molar-refractivity contribution in [3.8, 4) is 0 Å². The molecular weight excluding hydrogens is 168 g/mol. The van der Waals surface area contributed by atoms with E-state index in [-0.39, 0.29) is 17.7 Å². The predicted molar refractivity (Wildman–Crippen MR) is 48.1 cm³/mol. The Morgan fingerprint density at radius 3 is 3.00 bits per heavy atom. The molecule has 0 saturated heterocycles. The number of rotatable bonds is 2. The van der Waals surface area contributed by atoms with Crippen molar-refractivity contribution in [3.05, 3.63) is 12.2 Å². The smallest absolute Gasteiger partial charge is 0.316 e. The average Bonchev–Trinajstić information content (AvgIpc) is 2.09. The molecule has 0 aromatic rings. The second kappa shape index (κ2) is 4.21. The first-order chi connectivity index (χ1) is 6.15. The molecule has 0 aromatic heterocycles. The highest BCUT2D eigenvalue weighted by Crippen LogP contribution is 2.21. The Hall–Kier alpha value is -1.12. The molecule has 3 nitrogen and oxygen atoms in total. The second-order valence-electron chi connectivity index (χ2n) is 3.28. The average molecular weight is 182 g/mol. The Kier molecular flexibility index (Phi) is 3.23. The second-order valence-corrected chi connectivity index (χ2v) is 3.28. The highest BCUT2D eigenvalue weighted by Gasteiger charge is 2.29. The first-order valence-corrected chi connectivity index (χ1v) is 4.53. The molecule has 0 aliphatic heterocycles. The van der Waals surface area contributed by atoms with Gasteiger partial charge in [-0.05, 0) is 25.3 Å². The van der Waals surface area contributed by atoms with Crippen LogP contribution in [0.1, 0.15) is 20.3 Å². The van der Waals surface area contributed by atoms with Gasteiger partial charge in [-0.2, -0.15) is 0 Å². The fraction of sp³-hybridized carbons (Fsp3) is 0.600. The molecule has 0 fully saturated rings. The highest BCUT2D eigenvalue weighted by atomic mass is 16.5. The zero-order valence-corrected chi connectivity index (χ0v) is 7.95. The van der Waals surface area contributed by atoms with Crippen LogP contribution < -0.4 is 0 Å². The van der Waals surface area contributed by atoms with Crippen LogP contribution in [-0.4, -0.2) is 18.4 Å². The number of ether oxygens (including phenoxy) is 1. The minimum atomic E-state index is -0.569. The van der Waals surface area contributed by atoms with Crippen LogP contribution in [0.4, 0.5) is 0 Å². The minimum absolute atomic E-state index is 0.128. The van der Waals surface area contributed by atoms with Gasteiger partial charge in [0.2, 0.25) is 0 Å². The van der Waals surface area contributed by atoms with Crippen LogP contribution in [0.5, 0.6) is 0 Å². The first-order valence-electron chi connectivity index (χ1n) is 4.53. The van der Waals surface area contributed by atoms with Gasteiger partial charge in [0.25, 0.3) is 0 Å². The normalized spacial score (nSPS) is 27.4. The number of carbonyl (C=O) groups excluding carboxylic acids is 2. The highest BCUT2D eigenvalue weighted by molar-refractivity contribution is 6.05. The van der Waals surface area contributed by atoms with Gasteiger partial charge in [-0.3, -0.25) is 9.59 Å². The third kappa shape index (κ3) is 2.41. The van der Waals surface area contributed by atoms with Gasteiger partial charge >= 0.3 is 5.97 Å². The lowest BCUT2D eigenvalue weighted by molar-refractivity contribution is -0.151. The summed E-state index contributed by atoms with van der Waals surface area (Å²) in [4.78, 5) is 22.5. The molecule has 13 heavy (non-hydrogen) atoms. The van der Waals surface area contributed by atoms with E-state index >= 15 is 0 Å². The molecule has 1 aliphatic carbocycles. The van der Waals surface area contributed by atoms with Gasteiger partial charge in [-0.1, -0.05) is 13.0 Å². The van der Waals surface area contributed by atoms with Crippen molar-refractivity contribution < 1.29 is 14.3 Å². The lowest BCUT2D eigenvalue weighted by Gasteiger charge is -2.18. The van der Waals surface area contributed by atoms with E-state index in [1.54, 1.807) is 6.92 Å². The molecule has 0 amide bonds. The van der Waals surface area contributed by atoms with Crippen LogP contribution in [0.2, 0.25) is 0 Å². The van der Waals surface area contributed by atoms with Crippen molar-refractivity contribution in [2.24, 2.45) is 11.8 Å². The zero-order valence-electron chi connectivity index (χ0n) is 7.95. The molecule has 0 radical (unpaired) electrons. The molecule has 0 N–H and O–H groups in total.